The first-order valence-electron chi connectivity index (χ1n) is 3.82. The molecule has 0 spiro atoms. The maximum Gasteiger partial charge on any atom is 0.109 e. The standard InChI is InChI=1S/C9H14N2/c1-6(2)9-10-7(3)5-8(4)11-9/h5-6H,3H2,1-2,4H3,(H,10,11). The second-order valence-corrected chi connectivity index (χ2v) is 3.10. The molecule has 60 valence electrons. The van der Waals surface area contributed by atoms with E-state index in [9.17, 15) is 0 Å². The lowest BCUT2D eigenvalue weighted by molar-refractivity contribution is 0.826. The lowest BCUT2D eigenvalue weighted by atomic mass is 10.1. The van der Waals surface area contributed by atoms with Gasteiger partial charge in [0.2, 0.25) is 0 Å². The fourth-order valence-electron chi connectivity index (χ4n) is 0.976. The van der Waals surface area contributed by atoms with E-state index in [2.05, 4.69) is 30.7 Å². The van der Waals surface area contributed by atoms with Gasteiger partial charge in [-0.05, 0) is 13.0 Å². The highest BCUT2D eigenvalue weighted by molar-refractivity contribution is 5.87. The molecule has 2 nitrogen and oxygen atoms in total. The second kappa shape index (κ2) is 2.91. The van der Waals surface area contributed by atoms with Gasteiger partial charge in [-0.25, -0.2) is 4.99 Å². The largest absolute Gasteiger partial charge is 0.347 e. The zero-order valence-corrected chi connectivity index (χ0v) is 7.31. The Hall–Kier alpha value is -1.05. The van der Waals surface area contributed by atoms with Crippen LogP contribution in [0.5, 0.6) is 0 Å². The molecule has 1 rings (SSSR count). The molecule has 0 aromatic heterocycles. The van der Waals surface area contributed by atoms with Crippen LogP contribution in [0.2, 0.25) is 0 Å². The summed E-state index contributed by atoms with van der Waals surface area (Å²) >= 11 is 0. The van der Waals surface area contributed by atoms with Crippen LogP contribution in [0.15, 0.2) is 29.0 Å². The van der Waals surface area contributed by atoms with E-state index >= 15 is 0 Å². The zero-order valence-electron chi connectivity index (χ0n) is 7.31. The van der Waals surface area contributed by atoms with Crippen molar-refractivity contribution < 1.29 is 0 Å². The molecule has 0 aromatic rings. The van der Waals surface area contributed by atoms with Crippen LogP contribution in [0.4, 0.5) is 0 Å². The van der Waals surface area contributed by atoms with Crippen molar-refractivity contribution in [2.75, 3.05) is 0 Å². The van der Waals surface area contributed by atoms with Crippen molar-refractivity contribution in [3.8, 4) is 0 Å². The van der Waals surface area contributed by atoms with E-state index in [1.54, 1.807) is 0 Å². The number of rotatable bonds is 1. The molecule has 0 atom stereocenters. The summed E-state index contributed by atoms with van der Waals surface area (Å²) in [6.07, 6.45) is 1.94. The van der Waals surface area contributed by atoms with Crippen molar-refractivity contribution in [3.05, 3.63) is 24.0 Å². The van der Waals surface area contributed by atoms with E-state index in [-0.39, 0.29) is 0 Å². The minimum atomic E-state index is 0.440. The highest BCUT2D eigenvalue weighted by Gasteiger charge is 2.08. The summed E-state index contributed by atoms with van der Waals surface area (Å²) in [4.78, 5) is 4.27. The molecule has 0 aromatic carbocycles. The molecule has 0 aliphatic carbocycles. The molecule has 1 N–H and O–H groups in total. The average Bonchev–Trinajstić information content (AvgIpc) is 1.85. The quantitative estimate of drug-likeness (QED) is 0.608. The number of aliphatic imine (C=N–C) groups is 1. The molecular weight excluding hydrogens is 136 g/mol. The summed E-state index contributed by atoms with van der Waals surface area (Å²) in [6, 6.07) is 0. The predicted molar refractivity (Wildman–Crippen MR) is 48.3 cm³/mol. The Morgan fingerprint density at radius 1 is 1.55 bits per heavy atom. The van der Waals surface area contributed by atoms with Gasteiger partial charge < -0.3 is 5.32 Å². The van der Waals surface area contributed by atoms with Crippen LogP contribution < -0.4 is 5.32 Å². The summed E-state index contributed by atoms with van der Waals surface area (Å²) in [5, 5.41) is 3.20. The molecule has 0 amide bonds. The first-order chi connectivity index (χ1) is 5.09. The number of hydrogen-bond donors (Lipinski definition) is 1. The van der Waals surface area contributed by atoms with Gasteiger partial charge in [0.05, 0.1) is 5.70 Å². The van der Waals surface area contributed by atoms with E-state index in [0.29, 0.717) is 5.92 Å². The molecule has 0 bridgehead atoms. The van der Waals surface area contributed by atoms with Crippen LogP contribution in [0.3, 0.4) is 0 Å². The van der Waals surface area contributed by atoms with Crippen molar-refractivity contribution in [1.82, 2.24) is 5.32 Å². The Bertz CT molecular complexity index is 234. The van der Waals surface area contributed by atoms with Gasteiger partial charge in [0, 0.05) is 11.6 Å². The minimum absolute atomic E-state index is 0.440. The van der Waals surface area contributed by atoms with Gasteiger partial charge >= 0.3 is 0 Å². The van der Waals surface area contributed by atoms with Gasteiger partial charge in [-0.2, -0.15) is 0 Å². The number of amidine groups is 1. The highest BCUT2D eigenvalue weighted by Crippen LogP contribution is 2.09. The molecule has 1 aliphatic rings. The Kier molecular flexibility index (Phi) is 2.13. The van der Waals surface area contributed by atoms with Crippen molar-refractivity contribution in [3.63, 3.8) is 0 Å². The number of allylic oxidation sites excluding steroid dienone is 2. The molecule has 2 heteroatoms. The monoisotopic (exact) mass is 150 g/mol. The topological polar surface area (TPSA) is 24.4 Å². The van der Waals surface area contributed by atoms with Crippen LogP contribution in [0.25, 0.3) is 0 Å². The molecule has 1 aliphatic heterocycles. The number of hydrogen-bond acceptors (Lipinski definition) is 2. The summed E-state index contributed by atoms with van der Waals surface area (Å²) in [6.45, 7) is 10.0. The Morgan fingerprint density at radius 2 is 2.18 bits per heavy atom. The van der Waals surface area contributed by atoms with Crippen LogP contribution in [-0.4, -0.2) is 5.84 Å². The normalized spacial score (nSPS) is 17.6. The Morgan fingerprint density at radius 3 is 2.64 bits per heavy atom. The van der Waals surface area contributed by atoms with Crippen LogP contribution >= 0.6 is 0 Å². The predicted octanol–water partition coefficient (Wildman–Crippen LogP) is 2.06. The smallest absolute Gasteiger partial charge is 0.109 e. The van der Waals surface area contributed by atoms with Gasteiger partial charge in [0.15, 0.2) is 0 Å². The molecule has 0 saturated heterocycles. The average molecular weight is 150 g/mol. The van der Waals surface area contributed by atoms with Gasteiger partial charge in [0.1, 0.15) is 5.84 Å². The summed E-state index contributed by atoms with van der Waals surface area (Å²) in [7, 11) is 0. The maximum absolute atomic E-state index is 4.27. The van der Waals surface area contributed by atoms with Crippen molar-refractivity contribution in [1.29, 1.82) is 0 Å². The first-order valence-corrected chi connectivity index (χ1v) is 3.82. The Labute approximate surface area is 67.7 Å². The third-order valence-electron chi connectivity index (χ3n) is 1.52. The first kappa shape index (κ1) is 8.05. The van der Waals surface area contributed by atoms with Gasteiger partial charge in [-0.15, -0.1) is 0 Å². The molecule has 1 heterocycles. The third-order valence-corrected chi connectivity index (χ3v) is 1.52. The SMILES string of the molecule is C=C1C=C(C)NC(C(C)C)=N1. The minimum Gasteiger partial charge on any atom is -0.347 e. The molecule has 0 unspecified atom stereocenters. The molecule has 0 radical (unpaired) electrons. The van der Waals surface area contributed by atoms with Gasteiger partial charge in [0.25, 0.3) is 0 Å². The van der Waals surface area contributed by atoms with Crippen LogP contribution in [-0.2, 0) is 0 Å². The molecule has 0 fully saturated rings. The summed E-state index contributed by atoms with van der Waals surface area (Å²) in [5.74, 6) is 1.45. The maximum atomic E-state index is 4.27. The van der Waals surface area contributed by atoms with E-state index < -0.39 is 0 Å². The van der Waals surface area contributed by atoms with Crippen molar-refractivity contribution in [2.45, 2.75) is 20.8 Å². The molecular formula is C9H14N2. The van der Waals surface area contributed by atoms with Gasteiger partial charge in [-0.3, -0.25) is 0 Å². The van der Waals surface area contributed by atoms with Crippen LogP contribution in [0, 0.1) is 5.92 Å². The number of nitrogens with zero attached hydrogens (tertiary/aromatic N) is 1. The van der Waals surface area contributed by atoms with E-state index in [0.717, 1.165) is 17.2 Å². The zero-order chi connectivity index (χ0) is 8.43. The highest BCUT2D eigenvalue weighted by atomic mass is 15.0. The molecule has 11 heavy (non-hydrogen) atoms. The second-order valence-electron chi connectivity index (χ2n) is 3.10. The van der Waals surface area contributed by atoms with E-state index in [1.165, 1.54) is 0 Å². The molecule has 0 saturated carbocycles. The Balaban J connectivity index is 2.79. The van der Waals surface area contributed by atoms with Crippen LogP contribution in [0.1, 0.15) is 20.8 Å². The fraction of sp³-hybridized carbons (Fsp3) is 0.444. The fourth-order valence-corrected chi connectivity index (χ4v) is 0.976. The summed E-state index contributed by atoms with van der Waals surface area (Å²) < 4.78 is 0. The van der Waals surface area contributed by atoms with Crippen molar-refractivity contribution in [2.24, 2.45) is 10.9 Å². The van der Waals surface area contributed by atoms with Crippen molar-refractivity contribution >= 4 is 5.84 Å². The lowest BCUT2D eigenvalue weighted by Gasteiger charge is -2.17. The lowest BCUT2D eigenvalue weighted by Crippen LogP contribution is -2.28. The van der Waals surface area contributed by atoms with E-state index in [1.807, 2.05) is 13.0 Å². The number of nitrogens with one attached hydrogen (secondary N) is 1. The third kappa shape index (κ3) is 1.93. The van der Waals surface area contributed by atoms with E-state index in [4.69, 9.17) is 0 Å². The summed E-state index contributed by atoms with van der Waals surface area (Å²) in [5.41, 5.74) is 1.96. The van der Waals surface area contributed by atoms with Gasteiger partial charge in [-0.1, -0.05) is 20.4 Å².